The van der Waals surface area contributed by atoms with Crippen molar-refractivity contribution in [2.45, 2.75) is 25.4 Å². The molecule has 0 bridgehead atoms. The van der Waals surface area contributed by atoms with Gasteiger partial charge in [0.2, 0.25) is 0 Å². The van der Waals surface area contributed by atoms with Crippen LogP contribution in [-0.4, -0.2) is 52.6 Å². The van der Waals surface area contributed by atoms with Crippen molar-refractivity contribution in [2.24, 2.45) is 4.99 Å². The zero-order valence-electron chi connectivity index (χ0n) is 14.4. The van der Waals surface area contributed by atoms with Gasteiger partial charge >= 0.3 is 0 Å². The lowest BCUT2D eigenvalue weighted by molar-refractivity contribution is -0.106. The first-order valence-corrected chi connectivity index (χ1v) is 8.70. The van der Waals surface area contributed by atoms with Gasteiger partial charge in [-0.1, -0.05) is 17.7 Å². The van der Waals surface area contributed by atoms with Crippen LogP contribution in [0.4, 0.5) is 0 Å². The van der Waals surface area contributed by atoms with Crippen molar-refractivity contribution in [1.82, 2.24) is 19.6 Å². The van der Waals surface area contributed by atoms with Crippen LogP contribution in [0.1, 0.15) is 25.1 Å². The van der Waals surface area contributed by atoms with Crippen molar-refractivity contribution in [1.29, 1.82) is 0 Å². The summed E-state index contributed by atoms with van der Waals surface area (Å²) in [6.45, 7) is 3.59. The van der Waals surface area contributed by atoms with Crippen molar-refractivity contribution < 1.29 is 4.79 Å². The van der Waals surface area contributed by atoms with E-state index in [1.54, 1.807) is 0 Å². The molecule has 1 N–H and O–H groups in total. The summed E-state index contributed by atoms with van der Waals surface area (Å²) in [6, 6.07) is 4.37. The summed E-state index contributed by atoms with van der Waals surface area (Å²) in [4.78, 5) is 20.4. The van der Waals surface area contributed by atoms with Crippen LogP contribution in [0.2, 0.25) is 5.02 Å². The Labute approximate surface area is 152 Å². The zero-order valence-corrected chi connectivity index (χ0v) is 15.1. The van der Waals surface area contributed by atoms with E-state index >= 15 is 0 Å². The number of carbonyl (C=O) groups is 1. The number of amidine groups is 1. The number of aldehydes is 1. The molecule has 1 unspecified atom stereocenters. The molecule has 0 radical (unpaired) electrons. The number of hydrogen-bond donors (Lipinski definition) is 1. The Morgan fingerprint density at radius 1 is 1.36 bits per heavy atom. The molecular formula is C18H22ClN5O. The predicted octanol–water partition coefficient (Wildman–Crippen LogP) is 2.50. The van der Waals surface area contributed by atoms with Gasteiger partial charge in [0.25, 0.3) is 0 Å². The van der Waals surface area contributed by atoms with E-state index in [0.717, 1.165) is 43.0 Å². The number of aliphatic imine (C=N–C) groups is 1. The number of likely N-dealkylation sites (tertiary alicyclic amines) is 1. The Balaban J connectivity index is 0.000000569. The fraction of sp³-hybridized carbons (Fsp3) is 0.389. The molecule has 1 fully saturated rings. The Bertz CT molecular complexity index is 807. The van der Waals surface area contributed by atoms with Gasteiger partial charge < -0.3 is 19.4 Å². The van der Waals surface area contributed by atoms with Gasteiger partial charge in [0, 0.05) is 19.3 Å². The first-order valence-electron chi connectivity index (χ1n) is 8.32. The first-order chi connectivity index (χ1) is 12.1. The molecule has 0 saturated carbocycles. The third-order valence-corrected chi connectivity index (χ3v) is 4.41. The average Bonchev–Trinajstić information content (AvgIpc) is 2.97. The maximum absolute atomic E-state index is 8.81. The minimum atomic E-state index is 0.0822. The molecule has 0 spiro atoms. The summed E-state index contributed by atoms with van der Waals surface area (Å²) in [6.07, 6.45) is 9.68. The lowest BCUT2D eigenvalue weighted by Gasteiger charge is -2.37. The lowest BCUT2D eigenvalue weighted by Crippen LogP contribution is -2.57. The van der Waals surface area contributed by atoms with Crippen LogP contribution in [0.25, 0.3) is 5.65 Å². The summed E-state index contributed by atoms with van der Waals surface area (Å²) in [5, 5.41) is 4.21. The second kappa shape index (κ2) is 7.80. The lowest BCUT2D eigenvalue weighted by atomic mass is 10.1. The van der Waals surface area contributed by atoms with Crippen LogP contribution in [0, 0.1) is 0 Å². The van der Waals surface area contributed by atoms with Gasteiger partial charge in [-0.25, -0.2) is 4.98 Å². The molecular weight excluding hydrogens is 338 g/mol. The van der Waals surface area contributed by atoms with Gasteiger partial charge in [-0.15, -0.1) is 0 Å². The van der Waals surface area contributed by atoms with Gasteiger partial charge in [0.15, 0.2) is 0 Å². The number of rotatable bonds is 2. The number of nitrogens with zero attached hydrogens (tertiary/aromatic N) is 4. The number of fused-ring (bicyclic) bond motifs is 1. The Kier molecular flexibility index (Phi) is 5.50. The Morgan fingerprint density at radius 2 is 2.12 bits per heavy atom. The second-order valence-corrected chi connectivity index (χ2v) is 6.66. The minimum absolute atomic E-state index is 0.0822. The zero-order chi connectivity index (χ0) is 17.8. The molecule has 2 aliphatic rings. The highest BCUT2D eigenvalue weighted by Crippen LogP contribution is 2.26. The summed E-state index contributed by atoms with van der Waals surface area (Å²) in [5.74, 6) is 0.964. The second-order valence-electron chi connectivity index (χ2n) is 6.22. The molecule has 1 saturated heterocycles. The number of aromatic nitrogens is 2. The molecule has 2 aromatic heterocycles. The number of likely N-dealkylation sites (N-methyl/N-ethyl adjacent to an activating group) is 1. The smallest absolute Gasteiger partial charge is 0.137 e. The normalized spacial score (nSPS) is 20.4. The molecule has 6 nitrogen and oxygen atoms in total. The van der Waals surface area contributed by atoms with Gasteiger partial charge in [0.1, 0.15) is 17.8 Å². The first kappa shape index (κ1) is 17.6. The third-order valence-electron chi connectivity index (χ3n) is 4.19. The molecule has 0 aromatic carbocycles. The SMILES string of the molecule is CC=O.CN1CC(NC2=NC(c3cnc4ccc(Cl)cn34)CC=C2)C1. The fourth-order valence-electron chi connectivity index (χ4n) is 3.06. The summed E-state index contributed by atoms with van der Waals surface area (Å²) >= 11 is 6.11. The van der Waals surface area contributed by atoms with Crippen molar-refractivity contribution >= 4 is 29.4 Å². The number of imidazole rings is 1. The summed E-state index contributed by atoms with van der Waals surface area (Å²) in [7, 11) is 2.13. The number of halogens is 1. The molecule has 1 atom stereocenters. The van der Waals surface area contributed by atoms with Gasteiger partial charge in [0.05, 0.1) is 29.0 Å². The van der Waals surface area contributed by atoms with E-state index in [9.17, 15) is 0 Å². The van der Waals surface area contributed by atoms with Gasteiger partial charge in [-0.2, -0.15) is 0 Å². The number of dihydropyridines is 1. The van der Waals surface area contributed by atoms with E-state index < -0.39 is 0 Å². The molecule has 25 heavy (non-hydrogen) atoms. The Morgan fingerprint density at radius 3 is 2.84 bits per heavy atom. The van der Waals surface area contributed by atoms with Crippen LogP contribution in [0.3, 0.4) is 0 Å². The van der Waals surface area contributed by atoms with E-state index in [-0.39, 0.29) is 6.04 Å². The molecule has 4 rings (SSSR count). The maximum atomic E-state index is 8.81. The van der Waals surface area contributed by atoms with Crippen molar-refractivity contribution in [2.75, 3.05) is 20.1 Å². The minimum Gasteiger partial charge on any atom is -0.365 e. The van der Waals surface area contributed by atoms with Gasteiger partial charge in [-0.05, 0) is 38.6 Å². The Hall–Kier alpha value is -2.18. The maximum Gasteiger partial charge on any atom is 0.137 e. The van der Waals surface area contributed by atoms with E-state index in [4.69, 9.17) is 21.4 Å². The van der Waals surface area contributed by atoms with E-state index in [1.807, 2.05) is 28.9 Å². The number of carbonyl (C=O) groups excluding carboxylic acids is 1. The van der Waals surface area contributed by atoms with Crippen LogP contribution in [0.15, 0.2) is 41.7 Å². The fourth-order valence-corrected chi connectivity index (χ4v) is 3.22. The van der Waals surface area contributed by atoms with Crippen molar-refractivity contribution in [3.05, 3.63) is 47.4 Å². The molecule has 4 heterocycles. The van der Waals surface area contributed by atoms with Crippen LogP contribution >= 0.6 is 11.6 Å². The summed E-state index contributed by atoms with van der Waals surface area (Å²) < 4.78 is 2.03. The monoisotopic (exact) mass is 359 g/mol. The van der Waals surface area contributed by atoms with E-state index in [1.165, 1.54) is 6.92 Å². The highest BCUT2D eigenvalue weighted by atomic mass is 35.5. The highest BCUT2D eigenvalue weighted by molar-refractivity contribution is 6.30. The molecule has 0 aliphatic carbocycles. The van der Waals surface area contributed by atoms with Crippen LogP contribution in [-0.2, 0) is 4.79 Å². The standard InChI is InChI=1S/C16H18ClN5.C2H4O/c1-21-9-12(10-21)19-15-4-2-3-13(20-15)14-7-18-16-6-5-11(17)8-22(14)16;1-2-3/h2,4-8,12-13H,3,9-10H2,1H3,(H,19,20);2H,1H3. The number of hydrogen-bond acceptors (Lipinski definition) is 5. The van der Waals surface area contributed by atoms with Crippen molar-refractivity contribution in [3.8, 4) is 0 Å². The van der Waals surface area contributed by atoms with E-state index in [2.05, 4.69) is 34.4 Å². The third kappa shape index (κ3) is 4.08. The number of nitrogens with one attached hydrogen (secondary N) is 1. The molecule has 2 aromatic rings. The summed E-state index contributed by atoms with van der Waals surface area (Å²) in [5.41, 5.74) is 1.98. The predicted molar refractivity (Wildman–Crippen MR) is 100 cm³/mol. The molecule has 132 valence electrons. The number of pyridine rings is 1. The molecule has 7 heteroatoms. The quantitative estimate of drug-likeness (QED) is 0.837. The molecule has 2 aliphatic heterocycles. The van der Waals surface area contributed by atoms with Crippen molar-refractivity contribution in [3.63, 3.8) is 0 Å². The van der Waals surface area contributed by atoms with E-state index in [0.29, 0.717) is 11.1 Å². The van der Waals surface area contributed by atoms with Gasteiger partial charge in [-0.3, -0.25) is 4.99 Å². The van der Waals surface area contributed by atoms with Crippen LogP contribution in [0.5, 0.6) is 0 Å². The highest BCUT2D eigenvalue weighted by Gasteiger charge is 2.25. The van der Waals surface area contributed by atoms with Crippen LogP contribution < -0.4 is 5.32 Å². The molecule has 0 amide bonds. The topological polar surface area (TPSA) is 62.0 Å². The average molecular weight is 360 g/mol. The largest absolute Gasteiger partial charge is 0.365 e.